The Morgan fingerprint density at radius 3 is 2.76 bits per heavy atom. The number of nitro benzene ring substituents is 1. The zero-order valence-corrected chi connectivity index (χ0v) is 12.3. The highest BCUT2D eigenvalue weighted by atomic mass is 32.2. The summed E-state index contributed by atoms with van der Waals surface area (Å²) in [5, 5.41) is 10.7. The Bertz CT molecular complexity index is 542. The van der Waals surface area contributed by atoms with Gasteiger partial charge < -0.3 is 9.64 Å². The maximum Gasteiger partial charge on any atom is 0.269 e. The van der Waals surface area contributed by atoms with Gasteiger partial charge >= 0.3 is 0 Å². The molecule has 2 heterocycles. The molecular weight excluding hydrogens is 292 g/mol. The van der Waals surface area contributed by atoms with E-state index in [4.69, 9.17) is 4.74 Å². The first kappa shape index (κ1) is 14.3. The molecule has 0 saturated carbocycles. The molecule has 21 heavy (non-hydrogen) atoms. The highest BCUT2D eigenvalue weighted by Gasteiger charge is 2.36. The molecule has 2 atom stereocenters. The van der Waals surface area contributed by atoms with Gasteiger partial charge in [-0.1, -0.05) is 0 Å². The maximum absolute atomic E-state index is 12.5. The van der Waals surface area contributed by atoms with Crippen LogP contribution in [0.25, 0.3) is 0 Å². The minimum Gasteiger partial charge on any atom is -0.381 e. The summed E-state index contributed by atoms with van der Waals surface area (Å²) in [5.41, 5.74) is 1.01. The minimum atomic E-state index is -0.412. The van der Waals surface area contributed by atoms with Crippen molar-refractivity contribution >= 4 is 23.4 Å². The Morgan fingerprint density at radius 2 is 2.14 bits per heavy atom. The van der Waals surface area contributed by atoms with Crippen molar-refractivity contribution in [2.24, 2.45) is 5.92 Å². The Morgan fingerprint density at radius 1 is 1.38 bits per heavy atom. The van der Waals surface area contributed by atoms with Gasteiger partial charge in [-0.2, -0.15) is 0 Å². The van der Waals surface area contributed by atoms with Gasteiger partial charge in [0.2, 0.25) is 5.91 Å². The average Bonchev–Trinajstić information content (AvgIpc) is 3.18. The molecule has 7 heteroatoms. The zero-order chi connectivity index (χ0) is 14.8. The fraction of sp³-hybridized carbons (Fsp3) is 0.500. The fourth-order valence-corrected chi connectivity index (χ4v) is 3.96. The number of benzene rings is 1. The average molecular weight is 308 g/mol. The SMILES string of the molecule is O=C(C1CCOC1)N1CCSC1c1ccc([N+](=O)[O-])cc1. The number of non-ortho nitro benzene ring substituents is 1. The second-order valence-corrected chi connectivity index (χ2v) is 6.35. The number of rotatable bonds is 3. The van der Waals surface area contributed by atoms with Crippen molar-refractivity contribution in [1.29, 1.82) is 0 Å². The minimum absolute atomic E-state index is 0.0377. The van der Waals surface area contributed by atoms with Crippen molar-refractivity contribution in [2.75, 3.05) is 25.5 Å². The van der Waals surface area contributed by atoms with Gasteiger partial charge in [0, 0.05) is 31.0 Å². The molecule has 2 aliphatic heterocycles. The number of amides is 1. The van der Waals surface area contributed by atoms with E-state index < -0.39 is 4.92 Å². The summed E-state index contributed by atoms with van der Waals surface area (Å²) in [5.74, 6) is 0.992. The van der Waals surface area contributed by atoms with E-state index in [-0.39, 0.29) is 22.9 Å². The molecule has 3 rings (SSSR count). The van der Waals surface area contributed by atoms with Crippen molar-refractivity contribution in [3.8, 4) is 0 Å². The summed E-state index contributed by atoms with van der Waals surface area (Å²) in [7, 11) is 0. The molecular formula is C14H16N2O4S. The number of hydrogen-bond acceptors (Lipinski definition) is 5. The first-order valence-electron chi connectivity index (χ1n) is 6.91. The fourth-order valence-electron chi connectivity index (χ4n) is 2.70. The van der Waals surface area contributed by atoms with Gasteiger partial charge in [0.15, 0.2) is 0 Å². The van der Waals surface area contributed by atoms with Crippen LogP contribution >= 0.6 is 11.8 Å². The van der Waals surface area contributed by atoms with E-state index in [1.807, 2.05) is 4.90 Å². The second-order valence-electron chi connectivity index (χ2n) is 5.16. The Hall–Kier alpha value is -1.60. The van der Waals surface area contributed by atoms with Crippen LogP contribution in [-0.2, 0) is 9.53 Å². The van der Waals surface area contributed by atoms with E-state index in [0.29, 0.717) is 13.2 Å². The van der Waals surface area contributed by atoms with Crippen LogP contribution in [0.4, 0.5) is 5.69 Å². The van der Waals surface area contributed by atoms with Crippen LogP contribution < -0.4 is 0 Å². The molecule has 2 aliphatic rings. The lowest BCUT2D eigenvalue weighted by Gasteiger charge is -2.26. The van der Waals surface area contributed by atoms with E-state index in [1.54, 1.807) is 23.9 Å². The van der Waals surface area contributed by atoms with E-state index in [9.17, 15) is 14.9 Å². The predicted octanol–water partition coefficient (Wildman–Crippen LogP) is 2.21. The van der Waals surface area contributed by atoms with E-state index in [0.717, 1.165) is 24.3 Å². The summed E-state index contributed by atoms with van der Waals surface area (Å²) in [6, 6.07) is 6.48. The normalized spacial score (nSPS) is 25.2. The zero-order valence-electron chi connectivity index (χ0n) is 11.4. The molecule has 0 N–H and O–H groups in total. The standard InChI is InChI=1S/C14H16N2O4S/c17-13(11-5-7-20-9-11)15-6-8-21-14(15)10-1-3-12(4-2-10)16(18)19/h1-4,11,14H,5-9H2. The van der Waals surface area contributed by atoms with Crippen LogP contribution in [0.15, 0.2) is 24.3 Å². The lowest BCUT2D eigenvalue weighted by molar-refractivity contribution is -0.384. The first-order valence-corrected chi connectivity index (χ1v) is 7.96. The summed E-state index contributed by atoms with van der Waals surface area (Å²) in [6.07, 6.45) is 0.785. The molecule has 6 nitrogen and oxygen atoms in total. The van der Waals surface area contributed by atoms with Crippen molar-refractivity contribution in [1.82, 2.24) is 4.90 Å². The molecule has 112 valence electrons. The highest BCUT2D eigenvalue weighted by molar-refractivity contribution is 7.99. The number of nitro groups is 1. The van der Waals surface area contributed by atoms with E-state index in [1.165, 1.54) is 12.1 Å². The van der Waals surface area contributed by atoms with Gasteiger partial charge in [-0.15, -0.1) is 11.8 Å². The molecule has 0 aliphatic carbocycles. The lowest BCUT2D eigenvalue weighted by atomic mass is 10.1. The number of nitrogens with zero attached hydrogens (tertiary/aromatic N) is 2. The monoisotopic (exact) mass is 308 g/mol. The summed E-state index contributed by atoms with van der Waals surface area (Å²) >= 11 is 1.70. The van der Waals surface area contributed by atoms with Crippen LogP contribution in [-0.4, -0.2) is 41.2 Å². The van der Waals surface area contributed by atoms with Gasteiger partial charge in [0.25, 0.3) is 5.69 Å². The number of thioether (sulfide) groups is 1. The molecule has 0 bridgehead atoms. The third-order valence-corrected chi connectivity index (χ3v) is 5.10. The van der Waals surface area contributed by atoms with Gasteiger partial charge in [0.1, 0.15) is 5.37 Å². The number of carbonyl (C=O) groups excluding carboxylic acids is 1. The second kappa shape index (κ2) is 6.03. The molecule has 2 saturated heterocycles. The van der Waals surface area contributed by atoms with Crippen molar-refractivity contribution < 1.29 is 14.5 Å². The molecule has 1 aromatic carbocycles. The smallest absolute Gasteiger partial charge is 0.269 e. The number of ether oxygens (including phenoxy) is 1. The summed E-state index contributed by atoms with van der Waals surface area (Å²) in [4.78, 5) is 24.7. The van der Waals surface area contributed by atoms with Crippen LogP contribution in [0.3, 0.4) is 0 Å². The highest BCUT2D eigenvalue weighted by Crippen LogP contribution is 2.39. The maximum atomic E-state index is 12.5. The Labute approximate surface area is 126 Å². The van der Waals surface area contributed by atoms with Gasteiger partial charge in [-0.05, 0) is 24.1 Å². The Balaban J connectivity index is 1.76. The van der Waals surface area contributed by atoms with Crippen LogP contribution in [0.5, 0.6) is 0 Å². The van der Waals surface area contributed by atoms with Gasteiger partial charge in [-0.3, -0.25) is 14.9 Å². The third-order valence-electron chi connectivity index (χ3n) is 3.84. The van der Waals surface area contributed by atoms with Crippen molar-refractivity contribution in [3.63, 3.8) is 0 Å². The summed E-state index contributed by atoms with van der Waals surface area (Å²) < 4.78 is 5.29. The largest absolute Gasteiger partial charge is 0.381 e. The molecule has 2 unspecified atom stereocenters. The summed E-state index contributed by atoms with van der Waals surface area (Å²) in [6.45, 7) is 1.88. The van der Waals surface area contributed by atoms with Crippen LogP contribution in [0.1, 0.15) is 17.4 Å². The third kappa shape index (κ3) is 2.89. The van der Waals surface area contributed by atoms with Crippen molar-refractivity contribution in [2.45, 2.75) is 11.8 Å². The van der Waals surface area contributed by atoms with E-state index in [2.05, 4.69) is 0 Å². The number of carbonyl (C=O) groups is 1. The van der Waals surface area contributed by atoms with Crippen LogP contribution in [0, 0.1) is 16.0 Å². The first-order chi connectivity index (χ1) is 10.2. The van der Waals surface area contributed by atoms with Gasteiger partial charge in [-0.25, -0.2) is 0 Å². The predicted molar refractivity (Wildman–Crippen MR) is 78.9 cm³/mol. The molecule has 0 spiro atoms. The topological polar surface area (TPSA) is 72.7 Å². The Kier molecular flexibility index (Phi) is 4.12. The molecule has 0 radical (unpaired) electrons. The quantitative estimate of drug-likeness (QED) is 0.632. The van der Waals surface area contributed by atoms with Gasteiger partial charge in [0.05, 0.1) is 17.4 Å². The van der Waals surface area contributed by atoms with Crippen molar-refractivity contribution in [3.05, 3.63) is 39.9 Å². The molecule has 1 amide bonds. The number of hydrogen-bond donors (Lipinski definition) is 0. The molecule has 0 aromatic heterocycles. The van der Waals surface area contributed by atoms with E-state index >= 15 is 0 Å². The molecule has 2 fully saturated rings. The molecule has 1 aromatic rings. The lowest BCUT2D eigenvalue weighted by Crippen LogP contribution is -2.35. The van der Waals surface area contributed by atoms with Crippen LogP contribution in [0.2, 0.25) is 0 Å².